The third kappa shape index (κ3) is 2.19. The Kier molecular flexibility index (Phi) is 2.88. The van der Waals surface area contributed by atoms with E-state index in [4.69, 9.17) is 5.73 Å². The molecule has 0 aromatic heterocycles. The molecule has 0 heterocycles. The molecule has 1 fully saturated rings. The molecule has 0 spiro atoms. The second kappa shape index (κ2) is 3.72. The van der Waals surface area contributed by atoms with E-state index in [0.717, 1.165) is 25.8 Å². The quantitative estimate of drug-likeness (QED) is 0.615. The maximum absolute atomic E-state index is 10.7. The summed E-state index contributed by atoms with van der Waals surface area (Å²) in [6.07, 6.45) is 3.00. The van der Waals surface area contributed by atoms with Gasteiger partial charge in [-0.25, -0.2) is 0 Å². The number of hydrogen-bond donors (Lipinski definition) is 2. The average Bonchev–Trinajstić information content (AvgIpc) is 2.37. The smallest absolute Gasteiger partial charge is 0.220 e. The number of amides is 1. The van der Waals surface area contributed by atoms with Crippen LogP contribution in [0, 0.1) is 5.92 Å². The highest BCUT2D eigenvalue weighted by Crippen LogP contribution is 2.24. The molecule has 0 radical (unpaired) electrons. The first-order chi connectivity index (χ1) is 5.24. The van der Waals surface area contributed by atoms with Gasteiger partial charge in [-0.3, -0.25) is 4.79 Å². The fraction of sp³-hybridized carbons (Fsp3) is 0.875. The number of nitrogens with two attached hydrogens (primary N) is 1. The molecule has 64 valence electrons. The minimum atomic E-state index is -0.134. The lowest BCUT2D eigenvalue weighted by Gasteiger charge is -2.09. The first-order valence-electron chi connectivity index (χ1n) is 4.26. The standard InChI is InChI=1S/C8H16N2O/c1-2-10-7-4-3-6(5-7)8(9)11/h6-7,10H,2-5H2,1H3,(H2,9,11)/t6-,7-/m1/s1. The lowest BCUT2D eigenvalue weighted by Crippen LogP contribution is -2.28. The van der Waals surface area contributed by atoms with Crippen LogP contribution in [0.25, 0.3) is 0 Å². The van der Waals surface area contributed by atoms with Gasteiger partial charge in [-0.2, -0.15) is 0 Å². The highest BCUT2D eigenvalue weighted by Gasteiger charge is 2.27. The Morgan fingerprint density at radius 1 is 1.64 bits per heavy atom. The molecule has 0 bridgehead atoms. The molecule has 0 unspecified atom stereocenters. The number of hydrogen-bond acceptors (Lipinski definition) is 2. The van der Waals surface area contributed by atoms with Crippen molar-refractivity contribution in [3.63, 3.8) is 0 Å². The summed E-state index contributed by atoms with van der Waals surface area (Å²) in [5.41, 5.74) is 5.19. The summed E-state index contributed by atoms with van der Waals surface area (Å²) in [6.45, 7) is 3.06. The maximum Gasteiger partial charge on any atom is 0.220 e. The molecule has 3 N–H and O–H groups in total. The van der Waals surface area contributed by atoms with Gasteiger partial charge in [-0.05, 0) is 25.8 Å². The first kappa shape index (κ1) is 8.53. The molecule has 1 aliphatic rings. The molecule has 1 saturated carbocycles. The van der Waals surface area contributed by atoms with Crippen molar-refractivity contribution in [1.29, 1.82) is 0 Å². The molecule has 0 aliphatic heterocycles. The number of carbonyl (C=O) groups excluding carboxylic acids is 1. The number of nitrogens with one attached hydrogen (secondary N) is 1. The molecule has 1 amide bonds. The van der Waals surface area contributed by atoms with Crippen molar-refractivity contribution in [2.75, 3.05) is 6.54 Å². The van der Waals surface area contributed by atoms with Crippen LogP contribution < -0.4 is 11.1 Å². The minimum absolute atomic E-state index is 0.124. The molecule has 0 saturated heterocycles. The van der Waals surface area contributed by atoms with E-state index in [1.54, 1.807) is 0 Å². The van der Waals surface area contributed by atoms with E-state index >= 15 is 0 Å². The maximum atomic E-state index is 10.7. The second-order valence-electron chi connectivity index (χ2n) is 3.17. The van der Waals surface area contributed by atoms with E-state index in [1.165, 1.54) is 0 Å². The Labute approximate surface area is 67.3 Å². The van der Waals surface area contributed by atoms with Gasteiger partial charge in [0.25, 0.3) is 0 Å². The van der Waals surface area contributed by atoms with Gasteiger partial charge in [0, 0.05) is 12.0 Å². The van der Waals surface area contributed by atoms with Crippen LogP contribution in [0.1, 0.15) is 26.2 Å². The highest BCUT2D eigenvalue weighted by molar-refractivity contribution is 5.76. The van der Waals surface area contributed by atoms with Gasteiger partial charge < -0.3 is 11.1 Å². The van der Waals surface area contributed by atoms with Crippen molar-refractivity contribution in [2.24, 2.45) is 11.7 Å². The monoisotopic (exact) mass is 156 g/mol. The van der Waals surface area contributed by atoms with Crippen LogP contribution in [0.15, 0.2) is 0 Å². The molecule has 0 aromatic rings. The van der Waals surface area contributed by atoms with Gasteiger partial charge >= 0.3 is 0 Å². The van der Waals surface area contributed by atoms with Crippen molar-refractivity contribution >= 4 is 5.91 Å². The van der Waals surface area contributed by atoms with Crippen LogP contribution >= 0.6 is 0 Å². The topological polar surface area (TPSA) is 55.1 Å². The van der Waals surface area contributed by atoms with Crippen LogP contribution in [0.2, 0.25) is 0 Å². The minimum Gasteiger partial charge on any atom is -0.369 e. The summed E-state index contributed by atoms with van der Waals surface area (Å²) < 4.78 is 0. The zero-order valence-electron chi connectivity index (χ0n) is 6.97. The molecular formula is C8H16N2O. The summed E-state index contributed by atoms with van der Waals surface area (Å²) in [4.78, 5) is 10.7. The fourth-order valence-electron chi connectivity index (χ4n) is 1.71. The molecule has 1 aliphatic carbocycles. The van der Waals surface area contributed by atoms with Gasteiger partial charge in [-0.15, -0.1) is 0 Å². The van der Waals surface area contributed by atoms with E-state index in [2.05, 4.69) is 12.2 Å². The van der Waals surface area contributed by atoms with E-state index in [-0.39, 0.29) is 11.8 Å². The van der Waals surface area contributed by atoms with Gasteiger partial charge in [0.15, 0.2) is 0 Å². The Hall–Kier alpha value is -0.570. The molecule has 1 rings (SSSR count). The second-order valence-corrected chi connectivity index (χ2v) is 3.17. The Morgan fingerprint density at radius 2 is 2.36 bits per heavy atom. The Balaban J connectivity index is 2.29. The summed E-state index contributed by atoms with van der Waals surface area (Å²) in [5.74, 6) is -0.00977. The van der Waals surface area contributed by atoms with E-state index < -0.39 is 0 Å². The fourth-order valence-corrected chi connectivity index (χ4v) is 1.71. The van der Waals surface area contributed by atoms with Gasteiger partial charge in [-0.1, -0.05) is 6.92 Å². The predicted octanol–water partition coefficient (Wildman–Crippen LogP) is 0.250. The van der Waals surface area contributed by atoms with Crippen LogP contribution in [-0.4, -0.2) is 18.5 Å². The lowest BCUT2D eigenvalue weighted by atomic mass is 10.1. The summed E-state index contributed by atoms with van der Waals surface area (Å²) in [6, 6.07) is 0.525. The average molecular weight is 156 g/mol. The zero-order valence-corrected chi connectivity index (χ0v) is 6.97. The number of primary amides is 1. The third-order valence-electron chi connectivity index (χ3n) is 2.33. The zero-order chi connectivity index (χ0) is 8.27. The van der Waals surface area contributed by atoms with Crippen LogP contribution in [0.3, 0.4) is 0 Å². The van der Waals surface area contributed by atoms with E-state index in [9.17, 15) is 4.79 Å². The van der Waals surface area contributed by atoms with Crippen LogP contribution in [0.4, 0.5) is 0 Å². The highest BCUT2D eigenvalue weighted by atomic mass is 16.1. The molecule has 3 nitrogen and oxygen atoms in total. The molecule has 2 atom stereocenters. The van der Waals surface area contributed by atoms with Crippen LogP contribution in [0.5, 0.6) is 0 Å². The predicted molar refractivity (Wildman–Crippen MR) is 44.0 cm³/mol. The van der Waals surface area contributed by atoms with Crippen molar-refractivity contribution in [3.05, 3.63) is 0 Å². The molecule has 3 heteroatoms. The normalized spacial score (nSPS) is 30.6. The summed E-state index contributed by atoms with van der Waals surface area (Å²) in [7, 11) is 0. The van der Waals surface area contributed by atoms with E-state index in [1.807, 2.05) is 0 Å². The Morgan fingerprint density at radius 3 is 2.82 bits per heavy atom. The third-order valence-corrected chi connectivity index (χ3v) is 2.33. The van der Waals surface area contributed by atoms with Crippen molar-refractivity contribution in [1.82, 2.24) is 5.32 Å². The molecule has 11 heavy (non-hydrogen) atoms. The van der Waals surface area contributed by atoms with Crippen LogP contribution in [-0.2, 0) is 4.79 Å². The molecule has 0 aromatic carbocycles. The van der Waals surface area contributed by atoms with Crippen molar-refractivity contribution < 1.29 is 4.79 Å². The summed E-state index contributed by atoms with van der Waals surface area (Å²) >= 11 is 0. The van der Waals surface area contributed by atoms with Crippen molar-refractivity contribution in [3.8, 4) is 0 Å². The van der Waals surface area contributed by atoms with Gasteiger partial charge in [0.2, 0.25) is 5.91 Å². The van der Waals surface area contributed by atoms with E-state index in [0.29, 0.717) is 6.04 Å². The first-order valence-corrected chi connectivity index (χ1v) is 4.26. The lowest BCUT2D eigenvalue weighted by molar-refractivity contribution is -0.121. The molecular weight excluding hydrogens is 140 g/mol. The van der Waals surface area contributed by atoms with Gasteiger partial charge in [0.05, 0.1) is 0 Å². The SMILES string of the molecule is CCN[C@@H]1CC[C@@H](C(N)=O)C1. The Bertz CT molecular complexity index is 147. The number of rotatable bonds is 3. The van der Waals surface area contributed by atoms with Crippen molar-refractivity contribution in [2.45, 2.75) is 32.2 Å². The summed E-state index contributed by atoms with van der Waals surface area (Å²) in [5, 5.41) is 3.32. The largest absolute Gasteiger partial charge is 0.369 e. The van der Waals surface area contributed by atoms with Gasteiger partial charge in [0.1, 0.15) is 0 Å². The number of carbonyl (C=O) groups is 1.